The van der Waals surface area contributed by atoms with Crippen LogP contribution in [0.5, 0.6) is 0 Å². The molecule has 2 N–H and O–H groups in total. The number of amides is 3. The number of carbonyl (C=O) groups is 3. The molecular weight excluding hydrogens is 486 g/mol. The topological polar surface area (TPSA) is 91.7 Å². The minimum atomic E-state index is -0.431. The first kappa shape index (κ1) is 24.1. The first-order valence-corrected chi connectivity index (χ1v) is 12.4. The third-order valence-corrected chi connectivity index (χ3v) is 6.78. The van der Waals surface area contributed by atoms with Crippen molar-refractivity contribution in [2.45, 2.75) is 18.7 Å². The number of hydrogen-bond donors (Lipinski definition) is 2. The van der Waals surface area contributed by atoms with Crippen LogP contribution in [0.4, 0.5) is 17.1 Å². The first-order valence-electron chi connectivity index (χ1n) is 11.6. The molecule has 0 atom stereocenters. The summed E-state index contributed by atoms with van der Waals surface area (Å²) in [5.74, 6) is -1.04. The van der Waals surface area contributed by atoms with E-state index in [-0.39, 0.29) is 22.3 Å². The Hall–Kier alpha value is -4.56. The molecule has 0 saturated heterocycles. The van der Waals surface area contributed by atoms with Gasteiger partial charge in [-0.2, -0.15) is 0 Å². The second-order valence-electron chi connectivity index (χ2n) is 8.54. The molecule has 8 heteroatoms. The minimum absolute atomic E-state index is 0.190. The highest BCUT2D eigenvalue weighted by atomic mass is 32.2. The average Bonchev–Trinajstić information content (AvgIpc) is 3.50. The summed E-state index contributed by atoms with van der Waals surface area (Å²) in [4.78, 5) is 41.6. The molecular formula is C29H23N3O4S. The Labute approximate surface area is 218 Å². The van der Waals surface area contributed by atoms with Gasteiger partial charge in [0.2, 0.25) is 0 Å². The van der Waals surface area contributed by atoms with E-state index >= 15 is 0 Å². The van der Waals surface area contributed by atoms with Crippen LogP contribution in [-0.2, 0) is 9.59 Å². The number of benzene rings is 3. The summed E-state index contributed by atoms with van der Waals surface area (Å²) in [6.45, 7) is 3.92. The Morgan fingerprint density at radius 1 is 0.811 bits per heavy atom. The molecule has 184 valence electrons. The molecule has 1 aliphatic rings. The van der Waals surface area contributed by atoms with Gasteiger partial charge in [-0.25, -0.2) is 4.90 Å². The van der Waals surface area contributed by atoms with Gasteiger partial charge in [0.25, 0.3) is 17.7 Å². The molecule has 0 aliphatic carbocycles. The van der Waals surface area contributed by atoms with Gasteiger partial charge in [-0.15, -0.1) is 0 Å². The van der Waals surface area contributed by atoms with Crippen LogP contribution in [0.15, 0.2) is 111 Å². The SMILES string of the molecule is Cc1ccc(NC2=C(Sc3cccc(NC(=O)c4ccco4)c3)C(=O)N(c3ccc(C)cc3)C2=O)cc1. The minimum Gasteiger partial charge on any atom is -0.459 e. The maximum atomic E-state index is 13.6. The summed E-state index contributed by atoms with van der Waals surface area (Å²) in [6, 6.07) is 25.1. The molecule has 0 fully saturated rings. The van der Waals surface area contributed by atoms with Crippen molar-refractivity contribution in [2.75, 3.05) is 15.5 Å². The number of rotatable bonds is 7. The molecule has 3 amide bonds. The van der Waals surface area contributed by atoms with Crippen LogP contribution in [0.2, 0.25) is 0 Å². The fourth-order valence-electron chi connectivity index (χ4n) is 3.78. The number of imide groups is 1. The summed E-state index contributed by atoms with van der Waals surface area (Å²) in [5, 5.41) is 5.95. The van der Waals surface area contributed by atoms with Gasteiger partial charge in [-0.1, -0.05) is 53.2 Å². The quantitative estimate of drug-likeness (QED) is 0.291. The van der Waals surface area contributed by atoms with Crippen molar-refractivity contribution in [3.63, 3.8) is 0 Å². The van der Waals surface area contributed by atoms with Gasteiger partial charge in [-0.05, 0) is 68.4 Å². The van der Waals surface area contributed by atoms with Crippen LogP contribution in [0.25, 0.3) is 0 Å². The van der Waals surface area contributed by atoms with E-state index in [0.29, 0.717) is 22.0 Å². The molecule has 3 aromatic carbocycles. The lowest BCUT2D eigenvalue weighted by Crippen LogP contribution is -2.32. The van der Waals surface area contributed by atoms with E-state index in [1.807, 2.05) is 56.3 Å². The fraction of sp³-hybridized carbons (Fsp3) is 0.0690. The molecule has 0 unspecified atom stereocenters. The lowest BCUT2D eigenvalue weighted by molar-refractivity contribution is -0.120. The highest BCUT2D eigenvalue weighted by molar-refractivity contribution is 8.04. The third-order valence-electron chi connectivity index (χ3n) is 5.71. The highest BCUT2D eigenvalue weighted by Crippen LogP contribution is 2.38. The zero-order chi connectivity index (χ0) is 25.9. The van der Waals surface area contributed by atoms with Crippen LogP contribution in [-0.4, -0.2) is 17.7 Å². The maximum Gasteiger partial charge on any atom is 0.291 e. The maximum absolute atomic E-state index is 13.6. The Morgan fingerprint density at radius 2 is 1.51 bits per heavy atom. The van der Waals surface area contributed by atoms with Crippen LogP contribution in [0.3, 0.4) is 0 Å². The predicted octanol–water partition coefficient (Wildman–Crippen LogP) is 6.14. The van der Waals surface area contributed by atoms with Crippen molar-refractivity contribution in [3.05, 3.63) is 119 Å². The summed E-state index contributed by atoms with van der Waals surface area (Å²) in [5.41, 5.74) is 4.04. The smallest absolute Gasteiger partial charge is 0.291 e. The van der Waals surface area contributed by atoms with E-state index < -0.39 is 11.8 Å². The predicted molar refractivity (Wildman–Crippen MR) is 144 cm³/mol. The molecule has 0 spiro atoms. The van der Waals surface area contributed by atoms with Gasteiger partial charge in [0.15, 0.2) is 5.76 Å². The van der Waals surface area contributed by atoms with E-state index in [1.165, 1.54) is 11.2 Å². The lowest BCUT2D eigenvalue weighted by atomic mass is 10.2. The number of thioether (sulfide) groups is 1. The number of nitrogens with one attached hydrogen (secondary N) is 2. The van der Waals surface area contributed by atoms with Gasteiger partial charge in [0.05, 0.1) is 12.0 Å². The lowest BCUT2D eigenvalue weighted by Gasteiger charge is -2.15. The Bertz CT molecular complexity index is 1510. The number of anilines is 3. The van der Waals surface area contributed by atoms with Crippen molar-refractivity contribution < 1.29 is 18.8 Å². The van der Waals surface area contributed by atoms with Gasteiger partial charge in [-0.3, -0.25) is 14.4 Å². The second-order valence-corrected chi connectivity index (χ2v) is 9.62. The number of hydrogen-bond acceptors (Lipinski definition) is 6. The van der Waals surface area contributed by atoms with Crippen molar-refractivity contribution in [1.29, 1.82) is 0 Å². The fourth-order valence-corrected chi connectivity index (χ4v) is 4.77. The van der Waals surface area contributed by atoms with E-state index in [9.17, 15) is 14.4 Å². The Balaban J connectivity index is 1.46. The summed E-state index contributed by atoms with van der Waals surface area (Å²) < 4.78 is 5.15. The van der Waals surface area contributed by atoms with Crippen molar-refractivity contribution in [3.8, 4) is 0 Å². The Morgan fingerprint density at radius 3 is 2.19 bits per heavy atom. The molecule has 37 heavy (non-hydrogen) atoms. The van der Waals surface area contributed by atoms with Gasteiger partial charge < -0.3 is 15.1 Å². The highest BCUT2D eigenvalue weighted by Gasteiger charge is 2.40. The molecule has 2 heterocycles. The largest absolute Gasteiger partial charge is 0.459 e. The number of aryl methyl sites for hydroxylation is 2. The van der Waals surface area contributed by atoms with Crippen LogP contribution in [0.1, 0.15) is 21.7 Å². The average molecular weight is 510 g/mol. The van der Waals surface area contributed by atoms with Crippen molar-refractivity contribution in [2.24, 2.45) is 0 Å². The number of carbonyl (C=O) groups excluding carboxylic acids is 3. The Kier molecular flexibility index (Phi) is 6.66. The van der Waals surface area contributed by atoms with Crippen LogP contribution < -0.4 is 15.5 Å². The summed E-state index contributed by atoms with van der Waals surface area (Å²) >= 11 is 1.16. The molecule has 4 aromatic rings. The normalized spacial score (nSPS) is 13.3. The monoisotopic (exact) mass is 509 g/mol. The van der Waals surface area contributed by atoms with Crippen molar-refractivity contribution in [1.82, 2.24) is 0 Å². The van der Waals surface area contributed by atoms with Crippen LogP contribution in [0, 0.1) is 13.8 Å². The molecule has 1 aromatic heterocycles. The molecule has 0 saturated carbocycles. The van der Waals surface area contributed by atoms with E-state index in [2.05, 4.69) is 10.6 Å². The molecule has 7 nitrogen and oxygen atoms in total. The summed E-state index contributed by atoms with van der Waals surface area (Å²) in [6.07, 6.45) is 1.43. The van der Waals surface area contributed by atoms with Crippen LogP contribution >= 0.6 is 11.8 Å². The third kappa shape index (κ3) is 5.19. The molecule has 0 radical (unpaired) electrons. The molecule has 0 bridgehead atoms. The summed E-state index contributed by atoms with van der Waals surface area (Å²) in [7, 11) is 0. The molecule has 5 rings (SSSR count). The zero-order valence-corrected chi connectivity index (χ0v) is 21.0. The molecule has 1 aliphatic heterocycles. The second kappa shape index (κ2) is 10.2. The van der Waals surface area contributed by atoms with E-state index in [1.54, 1.807) is 42.5 Å². The first-order chi connectivity index (χ1) is 17.9. The van der Waals surface area contributed by atoms with Gasteiger partial charge in [0.1, 0.15) is 10.6 Å². The van der Waals surface area contributed by atoms with Gasteiger partial charge >= 0.3 is 0 Å². The van der Waals surface area contributed by atoms with E-state index in [0.717, 1.165) is 22.9 Å². The number of furan rings is 1. The standard InChI is InChI=1S/C29H23N3O4S/c1-18-8-12-20(13-9-18)30-25-26(29(35)32(28(25)34)22-14-10-19(2)11-15-22)37-23-6-3-5-21(17-23)31-27(33)24-7-4-16-36-24/h3-17,30H,1-2H3,(H,31,33). The van der Waals surface area contributed by atoms with E-state index in [4.69, 9.17) is 4.42 Å². The van der Waals surface area contributed by atoms with Gasteiger partial charge in [0, 0.05) is 16.3 Å². The number of nitrogens with zero attached hydrogens (tertiary/aromatic N) is 1. The van der Waals surface area contributed by atoms with Crippen molar-refractivity contribution >= 4 is 46.5 Å². The zero-order valence-electron chi connectivity index (χ0n) is 20.1.